The molecule has 1 fully saturated rings. The number of nitrogens with two attached hydrogens (primary N) is 1. The smallest absolute Gasteiger partial charge is 0.133 e. The van der Waals surface area contributed by atoms with Crippen LogP contribution < -0.4 is 10.6 Å². The van der Waals surface area contributed by atoms with E-state index in [1.54, 1.807) is 0 Å². The minimum Gasteiger partial charge on any atom is -0.356 e. The molecule has 88 valence electrons. The number of rotatable bonds is 4. The monoisotopic (exact) mass is 219 g/mol. The fraction of sp³-hybridized carbons (Fsp3) is 0.615. The molecule has 16 heavy (non-hydrogen) atoms. The molecule has 0 spiro atoms. The molecule has 1 saturated carbocycles. The summed E-state index contributed by atoms with van der Waals surface area (Å²) in [5.41, 5.74) is 7.11. The van der Waals surface area contributed by atoms with Gasteiger partial charge in [0.2, 0.25) is 0 Å². The van der Waals surface area contributed by atoms with Gasteiger partial charge in [-0.1, -0.05) is 6.07 Å². The zero-order valence-corrected chi connectivity index (χ0v) is 10.4. The van der Waals surface area contributed by atoms with Gasteiger partial charge in [0, 0.05) is 30.9 Å². The summed E-state index contributed by atoms with van der Waals surface area (Å²) in [6.07, 6.45) is 4.55. The van der Waals surface area contributed by atoms with Crippen LogP contribution in [0.3, 0.4) is 0 Å². The summed E-state index contributed by atoms with van der Waals surface area (Å²) >= 11 is 0. The highest BCUT2D eigenvalue weighted by Gasteiger charge is 2.31. The van der Waals surface area contributed by atoms with E-state index in [0.717, 1.165) is 17.3 Å². The van der Waals surface area contributed by atoms with E-state index in [1.165, 1.54) is 12.8 Å². The Hall–Kier alpha value is -1.09. The number of hydrogen-bond donors (Lipinski definition) is 1. The third kappa shape index (κ3) is 2.19. The van der Waals surface area contributed by atoms with E-state index in [9.17, 15) is 0 Å². The Balaban J connectivity index is 2.24. The van der Waals surface area contributed by atoms with E-state index in [0.29, 0.717) is 6.04 Å². The molecular formula is C13H21N3. The lowest BCUT2D eigenvalue weighted by atomic mass is 10.1. The number of hydrogen-bond acceptors (Lipinski definition) is 3. The standard InChI is InChI=1S/C13H21N3/c1-9(14)12-5-4-8-15-13(12)16(3)10(2)11-6-7-11/h4-5,8-11H,6-7,14H2,1-3H3/t9-,10?/m1/s1. The van der Waals surface area contributed by atoms with Crippen molar-refractivity contribution in [1.29, 1.82) is 0 Å². The Labute approximate surface area is 97.7 Å². The third-order valence-electron chi connectivity index (χ3n) is 3.56. The molecule has 1 heterocycles. The predicted molar refractivity (Wildman–Crippen MR) is 67.4 cm³/mol. The van der Waals surface area contributed by atoms with Crippen molar-refractivity contribution in [2.45, 2.75) is 38.8 Å². The Morgan fingerprint density at radius 2 is 2.12 bits per heavy atom. The fourth-order valence-electron chi connectivity index (χ4n) is 2.15. The predicted octanol–water partition coefficient (Wildman–Crippen LogP) is 2.34. The number of aromatic nitrogens is 1. The molecule has 1 aliphatic carbocycles. The van der Waals surface area contributed by atoms with Crippen molar-refractivity contribution in [2.75, 3.05) is 11.9 Å². The molecule has 3 nitrogen and oxygen atoms in total. The van der Waals surface area contributed by atoms with E-state index in [1.807, 2.05) is 19.2 Å². The Morgan fingerprint density at radius 1 is 1.44 bits per heavy atom. The van der Waals surface area contributed by atoms with Crippen LogP contribution >= 0.6 is 0 Å². The molecule has 0 aromatic carbocycles. The van der Waals surface area contributed by atoms with Gasteiger partial charge in [0.1, 0.15) is 5.82 Å². The maximum absolute atomic E-state index is 5.98. The number of pyridine rings is 1. The molecule has 3 heteroatoms. The van der Waals surface area contributed by atoms with Crippen LogP contribution in [0.15, 0.2) is 18.3 Å². The maximum atomic E-state index is 5.98. The lowest BCUT2D eigenvalue weighted by molar-refractivity contribution is 0.599. The van der Waals surface area contributed by atoms with E-state index >= 15 is 0 Å². The number of anilines is 1. The first kappa shape index (κ1) is 11.4. The average molecular weight is 219 g/mol. The summed E-state index contributed by atoms with van der Waals surface area (Å²) in [6.45, 7) is 4.29. The Morgan fingerprint density at radius 3 is 2.69 bits per heavy atom. The summed E-state index contributed by atoms with van der Waals surface area (Å²) < 4.78 is 0. The zero-order valence-electron chi connectivity index (χ0n) is 10.4. The van der Waals surface area contributed by atoms with Crippen LogP contribution in [0.25, 0.3) is 0 Å². The molecule has 1 unspecified atom stereocenters. The molecule has 0 radical (unpaired) electrons. The summed E-state index contributed by atoms with van der Waals surface area (Å²) in [4.78, 5) is 6.75. The first-order valence-electron chi connectivity index (χ1n) is 6.04. The van der Waals surface area contributed by atoms with Gasteiger partial charge in [-0.05, 0) is 38.7 Å². The van der Waals surface area contributed by atoms with Crippen LogP contribution in [-0.2, 0) is 0 Å². The van der Waals surface area contributed by atoms with Crippen molar-refractivity contribution in [2.24, 2.45) is 11.7 Å². The molecule has 1 aliphatic rings. The van der Waals surface area contributed by atoms with Gasteiger partial charge in [-0.3, -0.25) is 0 Å². The Bertz CT molecular complexity index is 358. The average Bonchev–Trinajstić information content (AvgIpc) is 3.11. The second-order valence-corrected chi connectivity index (χ2v) is 4.89. The largest absolute Gasteiger partial charge is 0.356 e. The van der Waals surface area contributed by atoms with E-state index < -0.39 is 0 Å². The van der Waals surface area contributed by atoms with Gasteiger partial charge >= 0.3 is 0 Å². The molecule has 0 saturated heterocycles. The van der Waals surface area contributed by atoms with Crippen LogP contribution in [0.2, 0.25) is 0 Å². The first-order chi connectivity index (χ1) is 7.61. The maximum Gasteiger partial charge on any atom is 0.133 e. The van der Waals surface area contributed by atoms with Gasteiger partial charge < -0.3 is 10.6 Å². The summed E-state index contributed by atoms with van der Waals surface area (Å²) in [6, 6.07) is 4.63. The van der Waals surface area contributed by atoms with E-state index in [2.05, 4.69) is 29.9 Å². The highest BCUT2D eigenvalue weighted by atomic mass is 15.2. The van der Waals surface area contributed by atoms with Crippen molar-refractivity contribution in [3.05, 3.63) is 23.9 Å². The van der Waals surface area contributed by atoms with E-state index in [4.69, 9.17) is 5.73 Å². The molecule has 0 aliphatic heterocycles. The van der Waals surface area contributed by atoms with Crippen molar-refractivity contribution in [3.63, 3.8) is 0 Å². The van der Waals surface area contributed by atoms with Gasteiger partial charge in [-0.2, -0.15) is 0 Å². The molecular weight excluding hydrogens is 198 g/mol. The van der Waals surface area contributed by atoms with Crippen molar-refractivity contribution >= 4 is 5.82 Å². The summed E-state index contributed by atoms with van der Waals surface area (Å²) in [5.74, 6) is 1.88. The number of nitrogens with zero attached hydrogens (tertiary/aromatic N) is 2. The lowest BCUT2D eigenvalue weighted by Crippen LogP contribution is -2.32. The lowest BCUT2D eigenvalue weighted by Gasteiger charge is -2.28. The van der Waals surface area contributed by atoms with E-state index in [-0.39, 0.29) is 6.04 Å². The van der Waals surface area contributed by atoms with Crippen LogP contribution in [0.5, 0.6) is 0 Å². The van der Waals surface area contributed by atoms with Crippen LogP contribution in [0.4, 0.5) is 5.82 Å². The van der Waals surface area contributed by atoms with Gasteiger partial charge in [-0.15, -0.1) is 0 Å². The van der Waals surface area contributed by atoms with Crippen molar-refractivity contribution in [3.8, 4) is 0 Å². The SMILES string of the molecule is CC(C1CC1)N(C)c1ncccc1[C@@H](C)N. The molecule has 1 aromatic rings. The fourth-order valence-corrected chi connectivity index (χ4v) is 2.15. The molecule has 0 amide bonds. The minimum atomic E-state index is 0.0394. The molecule has 2 N–H and O–H groups in total. The van der Waals surface area contributed by atoms with Crippen molar-refractivity contribution in [1.82, 2.24) is 4.98 Å². The molecule has 0 bridgehead atoms. The van der Waals surface area contributed by atoms with Gasteiger partial charge in [0.15, 0.2) is 0 Å². The Kier molecular flexibility index (Phi) is 3.15. The normalized spacial score (nSPS) is 19.2. The van der Waals surface area contributed by atoms with Gasteiger partial charge in [0.05, 0.1) is 0 Å². The third-order valence-corrected chi connectivity index (χ3v) is 3.56. The van der Waals surface area contributed by atoms with Gasteiger partial charge in [0.25, 0.3) is 0 Å². The molecule has 2 rings (SSSR count). The molecule has 1 aromatic heterocycles. The summed E-state index contributed by atoms with van der Waals surface area (Å²) in [5, 5.41) is 0. The summed E-state index contributed by atoms with van der Waals surface area (Å²) in [7, 11) is 2.12. The topological polar surface area (TPSA) is 42.2 Å². The second kappa shape index (κ2) is 4.42. The van der Waals surface area contributed by atoms with Crippen molar-refractivity contribution < 1.29 is 0 Å². The zero-order chi connectivity index (χ0) is 11.7. The highest BCUT2D eigenvalue weighted by Crippen LogP contribution is 2.36. The minimum absolute atomic E-state index is 0.0394. The molecule has 2 atom stereocenters. The second-order valence-electron chi connectivity index (χ2n) is 4.89. The highest BCUT2D eigenvalue weighted by molar-refractivity contribution is 5.48. The van der Waals surface area contributed by atoms with Crippen LogP contribution in [-0.4, -0.2) is 18.1 Å². The first-order valence-corrected chi connectivity index (χ1v) is 6.04. The van der Waals surface area contributed by atoms with Crippen LogP contribution in [0, 0.1) is 5.92 Å². The van der Waals surface area contributed by atoms with Crippen LogP contribution in [0.1, 0.15) is 38.3 Å². The quantitative estimate of drug-likeness (QED) is 0.845. The van der Waals surface area contributed by atoms with Gasteiger partial charge in [-0.25, -0.2) is 4.98 Å².